The topological polar surface area (TPSA) is 34.1 Å². The van der Waals surface area contributed by atoms with Gasteiger partial charge in [0.1, 0.15) is 18.1 Å². The van der Waals surface area contributed by atoms with Gasteiger partial charge in [-0.1, -0.05) is 36.9 Å². The molecule has 3 aromatic rings. The predicted octanol–water partition coefficient (Wildman–Crippen LogP) is 5.56. The van der Waals surface area contributed by atoms with Crippen LogP contribution in [0.4, 0.5) is 0 Å². The number of para-hydroxylation sites is 1. The molecule has 2 atom stereocenters. The van der Waals surface area contributed by atoms with Crippen molar-refractivity contribution in [3.63, 3.8) is 0 Å². The van der Waals surface area contributed by atoms with Crippen molar-refractivity contribution in [1.29, 1.82) is 0 Å². The summed E-state index contributed by atoms with van der Waals surface area (Å²) in [6.07, 6.45) is 2.41. The van der Waals surface area contributed by atoms with E-state index in [0.717, 1.165) is 34.1 Å². The minimum Gasteiger partial charge on any atom is -0.490 e. The van der Waals surface area contributed by atoms with Crippen LogP contribution < -0.4 is 9.47 Å². The van der Waals surface area contributed by atoms with E-state index >= 15 is 0 Å². The van der Waals surface area contributed by atoms with Gasteiger partial charge in [0.25, 0.3) is 0 Å². The number of thiophene rings is 1. The third kappa shape index (κ3) is 2.98. The molecule has 2 aliphatic heterocycles. The molecule has 0 aliphatic carbocycles. The molecule has 3 heterocycles. The number of nitrogens with zero attached hydrogens (tertiary/aromatic N) is 2. The van der Waals surface area contributed by atoms with Gasteiger partial charge < -0.3 is 9.47 Å². The van der Waals surface area contributed by atoms with Crippen molar-refractivity contribution < 1.29 is 9.47 Å². The van der Waals surface area contributed by atoms with E-state index in [1.807, 2.05) is 18.2 Å². The van der Waals surface area contributed by atoms with Gasteiger partial charge in [-0.3, -0.25) is 0 Å². The summed E-state index contributed by atoms with van der Waals surface area (Å²) in [6, 6.07) is 20.8. The molecule has 5 heteroatoms. The summed E-state index contributed by atoms with van der Waals surface area (Å²) in [5.74, 6) is 1.79. The van der Waals surface area contributed by atoms with Crippen molar-refractivity contribution >= 4 is 17.0 Å². The Morgan fingerprint density at radius 2 is 2.00 bits per heavy atom. The molecule has 0 saturated carbocycles. The van der Waals surface area contributed by atoms with Crippen molar-refractivity contribution in [3.05, 3.63) is 94.7 Å². The SMILES string of the molecule is C=CCOc1ccc(C2=NN3C(C2)c2ccccc2OC3c2cccs2)cc1. The van der Waals surface area contributed by atoms with Crippen LogP contribution in [-0.4, -0.2) is 17.3 Å². The highest BCUT2D eigenvalue weighted by Gasteiger charge is 2.41. The number of ether oxygens (including phenoxy) is 2. The average molecular weight is 388 g/mol. The number of hydrazone groups is 1. The zero-order valence-corrected chi connectivity index (χ0v) is 16.1. The van der Waals surface area contributed by atoms with Crippen LogP contribution in [0.2, 0.25) is 0 Å². The first kappa shape index (κ1) is 17.1. The Balaban J connectivity index is 1.48. The van der Waals surface area contributed by atoms with Crippen molar-refractivity contribution in [3.8, 4) is 11.5 Å². The maximum Gasteiger partial charge on any atom is 0.222 e. The first-order chi connectivity index (χ1) is 13.8. The Kier molecular flexibility index (Phi) is 4.37. The smallest absolute Gasteiger partial charge is 0.222 e. The third-order valence-corrected chi connectivity index (χ3v) is 5.94. The van der Waals surface area contributed by atoms with Crippen LogP contribution in [0.1, 0.15) is 34.7 Å². The van der Waals surface area contributed by atoms with Crippen molar-refractivity contribution in [2.45, 2.75) is 18.7 Å². The summed E-state index contributed by atoms with van der Waals surface area (Å²) < 4.78 is 11.9. The number of hydrogen-bond donors (Lipinski definition) is 0. The fourth-order valence-corrected chi connectivity index (χ4v) is 4.47. The summed E-state index contributed by atoms with van der Waals surface area (Å²) in [4.78, 5) is 1.16. The molecule has 2 aromatic carbocycles. The van der Waals surface area contributed by atoms with E-state index in [1.54, 1.807) is 17.4 Å². The molecule has 0 radical (unpaired) electrons. The predicted molar refractivity (Wildman–Crippen MR) is 112 cm³/mol. The van der Waals surface area contributed by atoms with Gasteiger partial charge >= 0.3 is 0 Å². The lowest BCUT2D eigenvalue weighted by Crippen LogP contribution is -2.33. The van der Waals surface area contributed by atoms with E-state index in [9.17, 15) is 0 Å². The summed E-state index contributed by atoms with van der Waals surface area (Å²) in [6.45, 7) is 4.19. The average Bonchev–Trinajstić information content (AvgIpc) is 3.42. The zero-order chi connectivity index (χ0) is 18.9. The van der Waals surface area contributed by atoms with Crippen LogP contribution in [0.15, 0.2) is 83.8 Å². The van der Waals surface area contributed by atoms with Gasteiger partial charge in [0, 0.05) is 12.0 Å². The van der Waals surface area contributed by atoms with Crippen LogP contribution >= 0.6 is 11.3 Å². The molecule has 0 spiro atoms. The molecule has 4 nitrogen and oxygen atoms in total. The van der Waals surface area contributed by atoms with E-state index in [0.29, 0.717) is 6.61 Å². The molecular weight excluding hydrogens is 368 g/mol. The lowest BCUT2D eigenvalue weighted by molar-refractivity contribution is -0.0165. The maximum absolute atomic E-state index is 6.34. The Bertz CT molecular complexity index is 1010. The summed E-state index contributed by atoms with van der Waals surface area (Å²) in [7, 11) is 0. The Morgan fingerprint density at radius 3 is 2.79 bits per heavy atom. The Labute approximate surface area is 168 Å². The molecule has 1 aromatic heterocycles. The molecule has 0 bridgehead atoms. The second-order valence-corrected chi connectivity index (χ2v) is 7.77. The van der Waals surface area contributed by atoms with Crippen LogP contribution in [0.3, 0.4) is 0 Å². The Morgan fingerprint density at radius 1 is 1.14 bits per heavy atom. The quantitative estimate of drug-likeness (QED) is 0.537. The van der Waals surface area contributed by atoms with Crippen molar-refractivity contribution in [1.82, 2.24) is 5.01 Å². The van der Waals surface area contributed by atoms with Crippen molar-refractivity contribution in [2.24, 2.45) is 5.10 Å². The number of rotatable bonds is 5. The summed E-state index contributed by atoms with van der Waals surface area (Å²) >= 11 is 1.70. The molecule has 2 aliphatic rings. The normalized spacial score (nSPS) is 20.0. The molecule has 140 valence electrons. The van der Waals surface area contributed by atoms with Crippen LogP contribution in [0.5, 0.6) is 11.5 Å². The minimum absolute atomic E-state index is 0.184. The summed E-state index contributed by atoms with van der Waals surface area (Å²) in [5, 5.41) is 9.18. The van der Waals surface area contributed by atoms with E-state index in [-0.39, 0.29) is 12.3 Å². The second-order valence-electron chi connectivity index (χ2n) is 6.79. The number of hydrogen-bond acceptors (Lipinski definition) is 5. The molecule has 0 saturated heterocycles. The highest BCUT2D eigenvalue weighted by Crippen LogP contribution is 2.48. The van der Waals surface area contributed by atoms with Gasteiger partial charge in [0.15, 0.2) is 0 Å². The fourth-order valence-electron chi connectivity index (χ4n) is 3.73. The molecule has 5 rings (SSSR count). The first-order valence-electron chi connectivity index (χ1n) is 9.32. The minimum atomic E-state index is -0.187. The standard InChI is InChI=1S/C23H20N2O2S/c1-2-13-26-17-11-9-16(10-12-17)19-15-20-18-6-3-4-7-21(18)27-23(25(20)24-19)22-8-5-14-28-22/h2-12,14,20,23H,1,13,15H2. The van der Waals surface area contributed by atoms with E-state index in [4.69, 9.17) is 14.6 Å². The maximum atomic E-state index is 6.34. The van der Waals surface area contributed by atoms with Crippen LogP contribution in [0, 0.1) is 0 Å². The van der Waals surface area contributed by atoms with Crippen molar-refractivity contribution in [2.75, 3.05) is 6.61 Å². The van der Waals surface area contributed by atoms with Crippen LogP contribution in [0.25, 0.3) is 0 Å². The molecular formula is C23H20N2O2S. The molecule has 0 N–H and O–H groups in total. The molecule has 2 unspecified atom stereocenters. The van der Waals surface area contributed by atoms with Gasteiger partial charge in [0.2, 0.25) is 6.23 Å². The first-order valence-corrected chi connectivity index (χ1v) is 10.2. The van der Waals surface area contributed by atoms with Gasteiger partial charge in [-0.2, -0.15) is 5.10 Å². The zero-order valence-electron chi connectivity index (χ0n) is 15.3. The van der Waals surface area contributed by atoms with Gasteiger partial charge in [0.05, 0.1) is 16.6 Å². The Hall–Kier alpha value is -3.05. The van der Waals surface area contributed by atoms with E-state index < -0.39 is 0 Å². The van der Waals surface area contributed by atoms with E-state index in [2.05, 4.69) is 59.4 Å². The fraction of sp³-hybridized carbons (Fsp3) is 0.174. The summed E-state index contributed by atoms with van der Waals surface area (Å²) in [5.41, 5.74) is 3.38. The lowest BCUT2D eigenvalue weighted by atomic mass is 9.96. The number of benzene rings is 2. The van der Waals surface area contributed by atoms with Crippen LogP contribution in [-0.2, 0) is 0 Å². The molecule has 0 amide bonds. The molecule has 0 fully saturated rings. The third-order valence-electron chi connectivity index (χ3n) is 5.04. The lowest BCUT2D eigenvalue weighted by Gasteiger charge is -2.37. The van der Waals surface area contributed by atoms with E-state index in [1.165, 1.54) is 5.56 Å². The largest absolute Gasteiger partial charge is 0.490 e. The number of fused-ring (bicyclic) bond motifs is 3. The molecule has 28 heavy (non-hydrogen) atoms. The van der Waals surface area contributed by atoms with Gasteiger partial charge in [-0.15, -0.1) is 11.3 Å². The highest BCUT2D eigenvalue weighted by molar-refractivity contribution is 7.10. The highest BCUT2D eigenvalue weighted by atomic mass is 32.1. The van der Waals surface area contributed by atoms with Gasteiger partial charge in [-0.25, -0.2) is 5.01 Å². The van der Waals surface area contributed by atoms with Gasteiger partial charge in [-0.05, 0) is 47.3 Å². The monoisotopic (exact) mass is 388 g/mol. The second kappa shape index (κ2) is 7.17.